The van der Waals surface area contributed by atoms with Crippen molar-refractivity contribution in [3.63, 3.8) is 0 Å². The monoisotopic (exact) mass is 854 g/mol. The van der Waals surface area contributed by atoms with E-state index >= 15 is 0 Å². The minimum absolute atomic E-state index is 0.0254. The SMILES string of the molecule is CC/C=C/C/C=C/C/C=C/C/C=C/C/C=C/C/C=C/CCCCCC(=O)OC(COCCC(C(=O)[O-])[N+](C)(C)C)COC(=O)CCCCCCCCCCCCCCCCC. The zero-order valence-electron chi connectivity index (χ0n) is 39.8. The molecule has 61 heavy (non-hydrogen) atoms. The first-order valence-corrected chi connectivity index (χ1v) is 24.5. The zero-order valence-corrected chi connectivity index (χ0v) is 39.8. The van der Waals surface area contributed by atoms with E-state index in [-0.39, 0.29) is 49.1 Å². The number of ether oxygens (including phenoxy) is 3. The van der Waals surface area contributed by atoms with Crippen LogP contribution in [0.1, 0.15) is 194 Å². The van der Waals surface area contributed by atoms with Gasteiger partial charge >= 0.3 is 11.9 Å². The van der Waals surface area contributed by atoms with Crippen LogP contribution >= 0.6 is 0 Å². The Labute approximate surface area is 374 Å². The molecule has 0 aromatic rings. The smallest absolute Gasteiger partial charge is 0.306 e. The van der Waals surface area contributed by atoms with Crippen molar-refractivity contribution in [2.75, 3.05) is 41.0 Å². The summed E-state index contributed by atoms with van der Waals surface area (Å²) in [5.74, 6) is -1.78. The third kappa shape index (κ3) is 41.9. The summed E-state index contributed by atoms with van der Waals surface area (Å²) in [6, 6.07) is -0.735. The number of rotatable bonds is 43. The molecule has 0 saturated heterocycles. The Morgan fingerprint density at radius 1 is 0.508 bits per heavy atom. The van der Waals surface area contributed by atoms with Crippen LogP contribution in [0.2, 0.25) is 0 Å². The zero-order chi connectivity index (χ0) is 44.9. The minimum atomic E-state index is -1.13. The molecule has 0 aliphatic rings. The highest BCUT2D eigenvalue weighted by Gasteiger charge is 2.25. The Morgan fingerprint density at radius 2 is 0.918 bits per heavy atom. The summed E-state index contributed by atoms with van der Waals surface area (Å²) in [7, 11) is 5.40. The van der Waals surface area contributed by atoms with Gasteiger partial charge in [0.15, 0.2) is 6.10 Å². The predicted octanol–water partition coefficient (Wildman–Crippen LogP) is 12.6. The van der Waals surface area contributed by atoms with Crippen molar-refractivity contribution in [3.05, 3.63) is 72.9 Å². The molecule has 0 aromatic carbocycles. The van der Waals surface area contributed by atoms with Crippen molar-refractivity contribution in [2.24, 2.45) is 0 Å². The summed E-state index contributed by atoms with van der Waals surface area (Å²) in [5, 5.41) is 11.6. The van der Waals surface area contributed by atoms with E-state index in [0.717, 1.165) is 77.0 Å². The number of hydrogen-bond donors (Lipinski definition) is 0. The van der Waals surface area contributed by atoms with E-state index in [0.29, 0.717) is 12.8 Å². The van der Waals surface area contributed by atoms with E-state index in [9.17, 15) is 19.5 Å². The number of likely N-dealkylation sites (N-methyl/N-ethyl adjacent to an activating group) is 1. The Hall–Kier alpha value is -3.23. The Balaban J connectivity index is 4.36. The molecule has 0 aliphatic heterocycles. The van der Waals surface area contributed by atoms with Crippen molar-refractivity contribution in [2.45, 2.75) is 206 Å². The molecule has 0 heterocycles. The van der Waals surface area contributed by atoms with Gasteiger partial charge in [-0.05, 0) is 64.2 Å². The summed E-state index contributed by atoms with van der Waals surface area (Å²) < 4.78 is 17.2. The molecule has 2 unspecified atom stereocenters. The van der Waals surface area contributed by atoms with Crippen LogP contribution < -0.4 is 5.11 Å². The second-order valence-corrected chi connectivity index (χ2v) is 17.3. The Morgan fingerprint density at radius 3 is 1.36 bits per heavy atom. The van der Waals surface area contributed by atoms with E-state index in [1.54, 1.807) is 21.1 Å². The van der Waals surface area contributed by atoms with Gasteiger partial charge in [0.2, 0.25) is 0 Å². The molecule has 0 N–H and O–H groups in total. The molecule has 350 valence electrons. The van der Waals surface area contributed by atoms with E-state index in [2.05, 4.69) is 86.8 Å². The number of aliphatic carboxylic acids is 1. The summed E-state index contributed by atoms with van der Waals surface area (Å²) in [5.41, 5.74) is 0. The summed E-state index contributed by atoms with van der Waals surface area (Å²) >= 11 is 0. The van der Waals surface area contributed by atoms with E-state index in [1.807, 2.05) is 0 Å². The van der Waals surface area contributed by atoms with Crippen LogP contribution in [0.5, 0.6) is 0 Å². The minimum Gasteiger partial charge on any atom is -0.544 e. The largest absolute Gasteiger partial charge is 0.544 e. The fraction of sp³-hybridized carbons (Fsp3) is 0.717. The van der Waals surface area contributed by atoms with Crippen molar-refractivity contribution < 1.29 is 38.2 Å². The van der Waals surface area contributed by atoms with Crippen molar-refractivity contribution >= 4 is 17.9 Å². The molecule has 0 amide bonds. The van der Waals surface area contributed by atoms with Crippen molar-refractivity contribution in [1.29, 1.82) is 0 Å². The highest BCUT2D eigenvalue weighted by Crippen LogP contribution is 2.15. The predicted molar refractivity (Wildman–Crippen MR) is 254 cm³/mol. The first-order valence-electron chi connectivity index (χ1n) is 24.5. The van der Waals surface area contributed by atoms with E-state index in [1.165, 1.54) is 77.0 Å². The number of esters is 2. The maximum Gasteiger partial charge on any atom is 0.306 e. The first-order chi connectivity index (χ1) is 29.6. The first kappa shape index (κ1) is 57.8. The quantitative estimate of drug-likeness (QED) is 0.0260. The third-order valence-electron chi connectivity index (χ3n) is 10.6. The number of carboxylic acid groups (broad SMARTS) is 1. The van der Waals surface area contributed by atoms with Gasteiger partial charge in [-0.3, -0.25) is 9.59 Å². The van der Waals surface area contributed by atoms with Gasteiger partial charge in [-0.15, -0.1) is 0 Å². The molecule has 0 saturated carbocycles. The number of hydrogen-bond acceptors (Lipinski definition) is 7. The van der Waals surface area contributed by atoms with Gasteiger partial charge in [-0.2, -0.15) is 0 Å². The van der Waals surface area contributed by atoms with Gasteiger partial charge in [0.05, 0.1) is 40.3 Å². The van der Waals surface area contributed by atoms with Crippen LogP contribution in [0.15, 0.2) is 72.9 Å². The number of carbonyl (C=O) groups is 3. The van der Waals surface area contributed by atoms with Gasteiger partial charge in [0, 0.05) is 19.3 Å². The fourth-order valence-corrected chi connectivity index (χ4v) is 6.84. The number of allylic oxidation sites excluding steroid dienone is 12. The van der Waals surface area contributed by atoms with Crippen LogP contribution in [-0.2, 0) is 28.6 Å². The lowest BCUT2D eigenvalue weighted by Crippen LogP contribution is -2.55. The highest BCUT2D eigenvalue weighted by molar-refractivity contribution is 5.70. The van der Waals surface area contributed by atoms with Gasteiger partial charge < -0.3 is 28.6 Å². The number of nitrogens with zero attached hydrogens (tertiary/aromatic N) is 1. The lowest BCUT2D eigenvalue weighted by atomic mass is 10.0. The fourth-order valence-electron chi connectivity index (χ4n) is 6.84. The van der Waals surface area contributed by atoms with Crippen LogP contribution in [0, 0.1) is 0 Å². The maximum absolute atomic E-state index is 12.8. The van der Waals surface area contributed by atoms with Crippen molar-refractivity contribution in [1.82, 2.24) is 0 Å². The third-order valence-corrected chi connectivity index (χ3v) is 10.6. The van der Waals surface area contributed by atoms with Gasteiger partial charge in [0.1, 0.15) is 12.6 Å². The number of unbranched alkanes of at least 4 members (excludes halogenated alkanes) is 17. The molecule has 0 spiro atoms. The molecule has 8 heteroatoms. The topological polar surface area (TPSA) is 102 Å². The summed E-state index contributed by atoms with van der Waals surface area (Å²) in [6.07, 6.45) is 55.0. The molecule has 0 rings (SSSR count). The second-order valence-electron chi connectivity index (χ2n) is 17.3. The average Bonchev–Trinajstić information content (AvgIpc) is 3.22. The molecule has 0 radical (unpaired) electrons. The van der Waals surface area contributed by atoms with Gasteiger partial charge in [-0.25, -0.2) is 0 Å². The number of carboxylic acids is 1. The van der Waals surface area contributed by atoms with Crippen LogP contribution in [-0.4, -0.2) is 75.5 Å². The van der Waals surface area contributed by atoms with Crippen LogP contribution in [0.3, 0.4) is 0 Å². The van der Waals surface area contributed by atoms with E-state index < -0.39 is 18.1 Å². The second kappa shape index (κ2) is 43.4. The highest BCUT2D eigenvalue weighted by atomic mass is 16.6. The van der Waals surface area contributed by atoms with E-state index in [4.69, 9.17) is 14.2 Å². The molecular formula is C53H91NO7. The normalized spacial score (nSPS) is 13.5. The standard InChI is InChI=1S/C53H91NO7/c1-6-8-10-12-14-16-18-20-22-23-24-25-26-27-28-30-32-34-36-38-40-42-44-52(56)61-49(47-59-46-45-50(53(57)58)54(3,4)5)48-60-51(55)43-41-39-37-35-33-31-29-21-19-17-15-13-11-9-7-2/h8,10,14,16,20,22,24-25,27-28,32,34,49-50H,6-7,9,11-13,15,17-19,21,23,26,29-31,33,35-48H2,1-5H3/b10-8+,16-14+,22-20+,25-24+,28-27+,34-32+. The number of quaternary nitrogens is 1. The molecule has 0 aromatic heterocycles. The van der Waals surface area contributed by atoms with Crippen LogP contribution in [0.4, 0.5) is 0 Å². The average molecular weight is 854 g/mol. The summed E-state index contributed by atoms with van der Waals surface area (Å²) in [6.45, 7) is 4.52. The number of carbonyl (C=O) groups excluding carboxylic acids is 3. The molecule has 2 atom stereocenters. The molecular weight excluding hydrogens is 763 g/mol. The summed E-state index contributed by atoms with van der Waals surface area (Å²) in [4.78, 5) is 37.0. The Kier molecular flexibility index (Phi) is 41.1. The molecule has 8 nitrogen and oxygen atoms in total. The molecule has 0 fully saturated rings. The van der Waals surface area contributed by atoms with Gasteiger partial charge in [-0.1, -0.05) is 183 Å². The lowest BCUT2D eigenvalue weighted by molar-refractivity contribution is -0.889. The van der Waals surface area contributed by atoms with Gasteiger partial charge in [0.25, 0.3) is 0 Å². The molecule has 0 bridgehead atoms. The van der Waals surface area contributed by atoms with Crippen LogP contribution in [0.25, 0.3) is 0 Å². The maximum atomic E-state index is 12.8. The lowest BCUT2D eigenvalue weighted by Gasteiger charge is -2.34. The Bertz CT molecular complexity index is 1230. The van der Waals surface area contributed by atoms with Crippen molar-refractivity contribution in [3.8, 4) is 0 Å². The molecule has 0 aliphatic carbocycles.